The Balaban J connectivity index is 0.000000621. The number of halogens is 10. The van der Waals surface area contributed by atoms with Gasteiger partial charge in [-0.3, -0.25) is 0 Å². The van der Waals surface area contributed by atoms with E-state index in [2.05, 4.69) is 0 Å². The average molecular weight is 320 g/mol. The van der Waals surface area contributed by atoms with E-state index in [0.717, 1.165) is 10.8 Å². The first kappa shape index (κ1) is 18.6. The van der Waals surface area contributed by atoms with Crippen LogP contribution in [0.2, 0.25) is 0 Å². The molecule has 20 heavy (non-hydrogen) atoms. The minimum Gasteiger partial charge on any atom is -0.418 e. The lowest BCUT2D eigenvalue weighted by atomic mass is 10.3. The maximum Gasteiger partial charge on any atom is 0.673 e. The molecule has 118 valence electrons. The van der Waals surface area contributed by atoms with Gasteiger partial charge in [-0.25, -0.2) is 8.96 Å². The lowest BCUT2D eigenvalue weighted by Crippen LogP contribution is -2.43. The van der Waals surface area contributed by atoms with Gasteiger partial charge in [0.25, 0.3) is 0 Å². The van der Waals surface area contributed by atoms with Crippen molar-refractivity contribution in [3.8, 4) is 0 Å². The van der Waals surface area contributed by atoms with Crippen LogP contribution < -0.4 is 4.57 Å². The maximum absolute atomic E-state index is 12.9. The summed E-state index contributed by atoms with van der Waals surface area (Å²) in [5, 5.41) is 0. The molecule has 13 heteroatoms. The van der Waals surface area contributed by atoms with Gasteiger partial charge in [0.15, 0.2) is 0 Å². The van der Waals surface area contributed by atoms with Crippen LogP contribution in [0.4, 0.5) is 43.6 Å². The Morgan fingerprint density at radius 1 is 1.05 bits per heavy atom. The number of imidazole rings is 1. The summed E-state index contributed by atoms with van der Waals surface area (Å²) in [6, 6.07) is -4.64. The van der Waals surface area contributed by atoms with Crippen molar-refractivity contribution in [2.75, 3.05) is 0 Å². The van der Waals surface area contributed by atoms with E-state index >= 15 is 0 Å². The minimum absolute atomic E-state index is 0.120. The smallest absolute Gasteiger partial charge is 0.418 e. The SMILES string of the molecule is C[n+]1ccn(C(F)(F)C(F)C(F)(F)F)c1.F[B-](F)(F)F. The van der Waals surface area contributed by atoms with Crippen molar-refractivity contribution < 1.29 is 48.2 Å². The second-order valence-corrected chi connectivity index (χ2v) is 3.47. The number of alkyl halides is 6. The van der Waals surface area contributed by atoms with Crippen molar-refractivity contribution in [1.82, 2.24) is 4.57 Å². The molecule has 1 rings (SSSR count). The summed E-state index contributed by atoms with van der Waals surface area (Å²) in [4.78, 5) is 0. The van der Waals surface area contributed by atoms with E-state index in [1.165, 1.54) is 7.05 Å². The molecule has 0 aliphatic rings. The molecule has 1 unspecified atom stereocenters. The molecule has 0 radical (unpaired) electrons. The van der Waals surface area contributed by atoms with Gasteiger partial charge in [-0.05, 0) is 0 Å². The quantitative estimate of drug-likeness (QED) is 0.450. The summed E-state index contributed by atoms with van der Waals surface area (Å²) in [5.41, 5.74) is 0. The number of aromatic nitrogens is 2. The maximum atomic E-state index is 12.9. The Morgan fingerprint density at radius 3 is 1.70 bits per heavy atom. The van der Waals surface area contributed by atoms with E-state index in [1.807, 2.05) is 0 Å². The van der Waals surface area contributed by atoms with Crippen LogP contribution in [0.3, 0.4) is 0 Å². The van der Waals surface area contributed by atoms with Gasteiger partial charge in [-0.1, -0.05) is 0 Å². The summed E-state index contributed by atoms with van der Waals surface area (Å²) < 4.78 is 114. The summed E-state index contributed by atoms with van der Waals surface area (Å²) >= 11 is 0. The lowest BCUT2D eigenvalue weighted by Gasteiger charge is -2.18. The molecular weight excluding hydrogens is 313 g/mol. The molecule has 1 heterocycles. The zero-order chi connectivity index (χ0) is 16.4. The van der Waals surface area contributed by atoms with E-state index in [0.29, 0.717) is 12.5 Å². The van der Waals surface area contributed by atoms with Crippen molar-refractivity contribution >= 4 is 7.25 Å². The van der Waals surface area contributed by atoms with Crippen LogP contribution in [-0.2, 0) is 13.1 Å². The molecule has 0 spiro atoms. The molecule has 0 aromatic carbocycles. The topological polar surface area (TPSA) is 8.81 Å². The average Bonchev–Trinajstić information content (AvgIpc) is 2.60. The van der Waals surface area contributed by atoms with Gasteiger partial charge < -0.3 is 17.3 Å². The predicted molar refractivity (Wildman–Crippen MR) is 46.9 cm³/mol. The van der Waals surface area contributed by atoms with E-state index in [-0.39, 0.29) is 4.57 Å². The van der Waals surface area contributed by atoms with E-state index in [4.69, 9.17) is 0 Å². The lowest BCUT2D eigenvalue weighted by molar-refractivity contribution is -0.671. The molecule has 0 N–H and O–H groups in total. The number of hydrogen-bond acceptors (Lipinski definition) is 0. The van der Waals surface area contributed by atoms with E-state index in [1.54, 1.807) is 0 Å². The van der Waals surface area contributed by atoms with Crippen molar-refractivity contribution in [2.24, 2.45) is 7.05 Å². The molecule has 2 nitrogen and oxygen atoms in total. The molecule has 1 aromatic heterocycles. The Bertz CT molecular complexity index is 416. The van der Waals surface area contributed by atoms with Gasteiger partial charge in [0.05, 0.1) is 7.05 Å². The van der Waals surface area contributed by atoms with Crippen LogP contribution in [0.25, 0.3) is 0 Å². The first-order valence-corrected chi connectivity index (χ1v) is 4.65. The van der Waals surface area contributed by atoms with Crippen LogP contribution in [0, 0.1) is 0 Å². The fraction of sp³-hybridized carbons (Fsp3) is 0.571. The van der Waals surface area contributed by atoms with Gasteiger partial charge in [0, 0.05) is 0 Å². The molecule has 0 fully saturated rings. The van der Waals surface area contributed by atoms with Gasteiger partial charge in [-0.2, -0.15) is 26.5 Å². The normalized spacial score (nSPS) is 14.6. The van der Waals surface area contributed by atoms with E-state index < -0.39 is 25.6 Å². The van der Waals surface area contributed by atoms with Crippen LogP contribution in [-0.4, -0.2) is 24.2 Å². The van der Waals surface area contributed by atoms with Crippen LogP contribution in [0.15, 0.2) is 18.7 Å². The minimum atomic E-state index is -6.00. The van der Waals surface area contributed by atoms with Gasteiger partial charge in [0.1, 0.15) is 12.4 Å². The Morgan fingerprint density at radius 2 is 1.45 bits per heavy atom. The molecule has 0 bridgehead atoms. The molecular formula is C7H7BF10N2. The number of nitrogens with zero attached hydrogens (tertiary/aromatic N) is 2. The number of rotatable bonds is 2. The molecule has 0 saturated heterocycles. The standard InChI is InChI=1S/C7H7F6N2.BF4/c1-14-2-3-15(4-14)7(12,13)5(8)6(9,10)11;2-1(3,4)5/h2-5H,1H3;/q+1;-1. The van der Waals surface area contributed by atoms with Crippen LogP contribution >= 0.6 is 0 Å². The first-order chi connectivity index (χ1) is 8.65. The van der Waals surface area contributed by atoms with Gasteiger partial charge >= 0.3 is 25.6 Å². The largest absolute Gasteiger partial charge is 0.673 e. The Kier molecular flexibility index (Phi) is 5.49. The van der Waals surface area contributed by atoms with Gasteiger partial charge in [0.2, 0.25) is 6.33 Å². The Labute approximate surface area is 105 Å². The van der Waals surface area contributed by atoms with E-state index in [9.17, 15) is 43.6 Å². The van der Waals surface area contributed by atoms with Gasteiger partial charge in [-0.15, -0.1) is 0 Å². The third kappa shape index (κ3) is 6.15. The van der Waals surface area contributed by atoms with Crippen molar-refractivity contribution in [3.63, 3.8) is 0 Å². The molecule has 1 atom stereocenters. The second-order valence-electron chi connectivity index (χ2n) is 3.47. The van der Waals surface area contributed by atoms with Crippen LogP contribution in [0.5, 0.6) is 0 Å². The first-order valence-electron chi connectivity index (χ1n) is 4.65. The molecule has 1 aromatic rings. The number of hydrogen-bond donors (Lipinski definition) is 0. The van der Waals surface area contributed by atoms with Crippen LogP contribution in [0.1, 0.15) is 0 Å². The molecule has 0 saturated carbocycles. The summed E-state index contributed by atoms with van der Waals surface area (Å²) in [5.74, 6) is 0. The second kappa shape index (κ2) is 5.91. The molecule has 0 amide bonds. The van der Waals surface area contributed by atoms with Crippen molar-refractivity contribution in [2.45, 2.75) is 18.4 Å². The summed E-state index contributed by atoms with van der Waals surface area (Å²) in [7, 11) is -4.67. The fourth-order valence-corrected chi connectivity index (χ4v) is 0.954. The fourth-order valence-electron chi connectivity index (χ4n) is 0.954. The predicted octanol–water partition coefficient (Wildman–Crippen LogP) is 3.06. The third-order valence-corrected chi connectivity index (χ3v) is 1.71. The highest BCUT2D eigenvalue weighted by atomic mass is 19.5. The van der Waals surface area contributed by atoms with Crippen molar-refractivity contribution in [3.05, 3.63) is 18.7 Å². The summed E-state index contributed by atoms with van der Waals surface area (Å²) in [6.07, 6.45) is -7.41. The monoisotopic (exact) mass is 320 g/mol. The zero-order valence-corrected chi connectivity index (χ0v) is 9.56. The molecule has 0 aliphatic heterocycles. The zero-order valence-electron chi connectivity index (χ0n) is 9.56. The highest BCUT2D eigenvalue weighted by Crippen LogP contribution is 2.37. The molecule has 0 aliphatic carbocycles. The highest BCUT2D eigenvalue weighted by Gasteiger charge is 2.61. The highest BCUT2D eigenvalue weighted by molar-refractivity contribution is 6.50. The number of aryl methyl sites for hydroxylation is 1. The summed E-state index contributed by atoms with van der Waals surface area (Å²) in [6.45, 7) is 0. The third-order valence-electron chi connectivity index (χ3n) is 1.71. The van der Waals surface area contributed by atoms with Crippen molar-refractivity contribution in [1.29, 1.82) is 0 Å². The Hall–Kier alpha value is -1.43.